The number of hydrogen-bond acceptors (Lipinski definition) is 3. The third kappa shape index (κ3) is 3.07. The van der Waals surface area contributed by atoms with Crippen molar-refractivity contribution in [3.05, 3.63) is 33.8 Å². The first-order valence-electron chi connectivity index (χ1n) is 6.45. The zero-order valence-corrected chi connectivity index (χ0v) is 13.9. The third-order valence-electron chi connectivity index (χ3n) is 3.66. The molecule has 7 heteroatoms. The summed E-state index contributed by atoms with van der Waals surface area (Å²) < 4.78 is 34.1. The van der Waals surface area contributed by atoms with Crippen molar-refractivity contribution in [2.75, 3.05) is 6.61 Å². The van der Waals surface area contributed by atoms with Crippen LogP contribution in [-0.2, 0) is 21.5 Å². The molecule has 0 spiro atoms. The van der Waals surface area contributed by atoms with Gasteiger partial charge >= 0.3 is 11.9 Å². The minimum atomic E-state index is -3.75. The Morgan fingerprint density at radius 3 is 2.81 bits per heavy atom. The van der Waals surface area contributed by atoms with Crippen molar-refractivity contribution in [1.29, 1.82) is 0 Å². The monoisotopic (exact) mass is 383 g/mol. The van der Waals surface area contributed by atoms with Crippen LogP contribution < -0.4 is 5.73 Å². The number of hydrogen-bond donors (Lipinski definition) is 1. The van der Waals surface area contributed by atoms with E-state index in [0.29, 0.717) is 22.9 Å². The number of esters is 1. The second kappa shape index (κ2) is 6.58. The van der Waals surface area contributed by atoms with Gasteiger partial charge in [0, 0.05) is 4.47 Å². The van der Waals surface area contributed by atoms with Gasteiger partial charge < -0.3 is 10.5 Å². The molecule has 2 rings (SSSR count). The molecule has 0 saturated carbocycles. The number of nitrogens with two attached hydrogens (primary N) is 1. The molecule has 0 aromatic heterocycles. The van der Waals surface area contributed by atoms with E-state index in [1.54, 1.807) is 18.2 Å². The van der Waals surface area contributed by atoms with E-state index in [9.17, 15) is 13.6 Å². The standard InChI is InChI=1S/C14H16BrF2NO2.ClH/c1-2-20-12(19)14(16,17)13(18)7-3-4-9-5-6-10(15)8-11(9)13;/h5-6,8H,2-4,7,18H2,1H3;1H/t13-;/m1./s1. The number of carbonyl (C=O) groups is 1. The summed E-state index contributed by atoms with van der Waals surface area (Å²) in [6, 6.07) is 5.12. The number of aryl methyl sites for hydroxylation is 1. The van der Waals surface area contributed by atoms with Gasteiger partial charge in [0.25, 0.3) is 0 Å². The Morgan fingerprint density at radius 1 is 1.52 bits per heavy atom. The van der Waals surface area contributed by atoms with E-state index in [0.717, 1.165) is 5.56 Å². The third-order valence-corrected chi connectivity index (χ3v) is 4.16. The molecule has 1 aromatic rings. The number of carbonyl (C=O) groups excluding carboxylic acids is 1. The van der Waals surface area contributed by atoms with E-state index in [1.165, 1.54) is 6.92 Å². The molecule has 0 amide bonds. The van der Waals surface area contributed by atoms with Crippen molar-refractivity contribution in [2.24, 2.45) is 5.73 Å². The van der Waals surface area contributed by atoms with Gasteiger partial charge in [-0.3, -0.25) is 0 Å². The lowest BCUT2D eigenvalue weighted by atomic mass is 9.73. The van der Waals surface area contributed by atoms with Crippen molar-refractivity contribution in [2.45, 2.75) is 37.6 Å². The molecule has 0 radical (unpaired) electrons. The molecule has 0 unspecified atom stereocenters. The summed E-state index contributed by atoms with van der Waals surface area (Å²) >= 11 is 3.26. The Labute approximate surface area is 136 Å². The smallest absolute Gasteiger partial charge is 0.379 e. The summed E-state index contributed by atoms with van der Waals surface area (Å²) in [6.07, 6.45) is 1.24. The van der Waals surface area contributed by atoms with Gasteiger partial charge in [-0.2, -0.15) is 8.78 Å². The summed E-state index contributed by atoms with van der Waals surface area (Å²) in [5, 5.41) is 0. The molecule has 1 aliphatic rings. The number of alkyl halides is 2. The fraction of sp³-hybridized carbons (Fsp3) is 0.500. The fourth-order valence-electron chi connectivity index (χ4n) is 2.60. The molecule has 3 nitrogen and oxygen atoms in total. The first kappa shape index (κ1) is 18.3. The van der Waals surface area contributed by atoms with Crippen LogP contribution >= 0.6 is 28.3 Å². The van der Waals surface area contributed by atoms with Gasteiger partial charge in [-0.15, -0.1) is 12.4 Å². The predicted molar refractivity (Wildman–Crippen MR) is 81.8 cm³/mol. The topological polar surface area (TPSA) is 52.3 Å². The van der Waals surface area contributed by atoms with Crippen molar-refractivity contribution in [3.8, 4) is 0 Å². The minimum Gasteiger partial charge on any atom is -0.461 e. The van der Waals surface area contributed by atoms with Crippen molar-refractivity contribution < 1.29 is 18.3 Å². The maximum atomic E-state index is 14.5. The molecule has 0 saturated heterocycles. The lowest BCUT2D eigenvalue weighted by Crippen LogP contribution is -2.59. The van der Waals surface area contributed by atoms with E-state index < -0.39 is 17.4 Å². The Hall–Kier alpha value is -0.720. The molecule has 1 aromatic carbocycles. The van der Waals surface area contributed by atoms with E-state index in [-0.39, 0.29) is 25.4 Å². The van der Waals surface area contributed by atoms with E-state index in [2.05, 4.69) is 20.7 Å². The van der Waals surface area contributed by atoms with Gasteiger partial charge in [0.1, 0.15) is 5.54 Å². The molecule has 118 valence electrons. The van der Waals surface area contributed by atoms with Gasteiger partial charge in [0.2, 0.25) is 0 Å². The highest BCUT2D eigenvalue weighted by Gasteiger charge is 2.60. The van der Waals surface area contributed by atoms with E-state index >= 15 is 0 Å². The van der Waals surface area contributed by atoms with Crippen LogP contribution in [0.15, 0.2) is 22.7 Å². The van der Waals surface area contributed by atoms with Crippen molar-refractivity contribution in [3.63, 3.8) is 0 Å². The van der Waals surface area contributed by atoms with Crippen LogP contribution in [0.25, 0.3) is 0 Å². The van der Waals surface area contributed by atoms with Crippen LogP contribution in [0.1, 0.15) is 30.9 Å². The zero-order chi connectivity index (χ0) is 15.0. The average Bonchev–Trinajstić information content (AvgIpc) is 2.40. The summed E-state index contributed by atoms with van der Waals surface area (Å²) in [4.78, 5) is 11.6. The summed E-state index contributed by atoms with van der Waals surface area (Å²) in [7, 11) is 0. The van der Waals surface area contributed by atoms with Crippen molar-refractivity contribution in [1.82, 2.24) is 0 Å². The molecule has 0 bridgehead atoms. The van der Waals surface area contributed by atoms with Crippen LogP contribution in [-0.4, -0.2) is 18.5 Å². The molecule has 1 aliphatic carbocycles. The minimum absolute atomic E-state index is 0. The fourth-order valence-corrected chi connectivity index (χ4v) is 2.97. The van der Waals surface area contributed by atoms with E-state index in [1.807, 2.05) is 0 Å². The predicted octanol–water partition coefficient (Wildman–Crippen LogP) is 3.56. The second-order valence-electron chi connectivity index (χ2n) is 4.92. The summed E-state index contributed by atoms with van der Waals surface area (Å²) in [5.74, 6) is -5.31. The first-order valence-corrected chi connectivity index (χ1v) is 7.25. The number of halogens is 4. The van der Waals surface area contributed by atoms with Crippen LogP contribution in [0.5, 0.6) is 0 Å². The molecule has 2 N–H and O–H groups in total. The molecule has 0 fully saturated rings. The Morgan fingerprint density at radius 2 is 2.19 bits per heavy atom. The average molecular weight is 385 g/mol. The molecule has 1 atom stereocenters. The molecular formula is C14H17BrClF2NO2. The highest BCUT2D eigenvalue weighted by molar-refractivity contribution is 9.10. The van der Waals surface area contributed by atoms with Gasteiger partial charge in [0.15, 0.2) is 0 Å². The lowest BCUT2D eigenvalue weighted by Gasteiger charge is -2.40. The normalized spacial score (nSPS) is 21.2. The summed E-state index contributed by atoms with van der Waals surface area (Å²) in [6.45, 7) is 1.39. The quantitative estimate of drug-likeness (QED) is 0.811. The maximum Gasteiger partial charge on any atom is 0.379 e. The molecule has 0 heterocycles. The molecule has 21 heavy (non-hydrogen) atoms. The molecule has 0 aliphatic heterocycles. The number of rotatable bonds is 3. The van der Waals surface area contributed by atoms with Gasteiger partial charge in [-0.05, 0) is 49.4 Å². The summed E-state index contributed by atoms with van der Waals surface area (Å²) in [5.41, 5.74) is 5.03. The maximum absolute atomic E-state index is 14.5. The van der Waals surface area contributed by atoms with Gasteiger partial charge in [0.05, 0.1) is 6.61 Å². The Balaban J connectivity index is 0.00000220. The van der Waals surface area contributed by atoms with Crippen molar-refractivity contribution >= 4 is 34.3 Å². The van der Waals surface area contributed by atoms with Gasteiger partial charge in [-0.25, -0.2) is 4.79 Å². The van der Waals surface area contributed by atoms with Crippen LogP contribution in [0.4, 0.5) is 8.78 Å². The number of fused-ring (bicyclic) bond motifs is 1. The highest BCUT2D eigenvalue weighted by atomic mass is 79.9. The van der Waals surface area contributed by atoms with Crippen LogP contribution in [0.3, 0.4) is 0 Å². The molecular weight excluding hydrogens is 368 g/mol. The number of benzene rings is 1. The van der Waals surface area contributed by atoms with E-state index in [4.69, 9.17) is 5.73 Å². The SMILES string of the molecule is CCOC(=O)C(F)(F)[C@@]1(N)CCCc2ccc(Br)cc21.Cl. The largest absolute Gasteiger partial charge is 0.461 e. The van der Waals surface area contributed by atoms with Crippen LogP contribution in [0.2, 0.25) is 0 Å². The zero-order valence-electron chi connectivity index (χ0n) is 11.5. The lowest BCUT2D eigenvalue weighted by molar-refractivity contribution is -0.184. The second-order valence-corrected chi connectivity index (χ2v) is 5.84. The highest BCUT2D eigenvalue weighted by Crippen LogP contribution is 2.45. The number of ether oxygens (including phenoxy) is 1. The Kier molecular flexibility index (Phi) is 5.75. The Bertz CT molecular complexity index is 542. The van der Waals surface area contributed by atoms with Crippen LogP contribution in [0, 0.1) is 0 Å². The van der Waals surface area contributed by atoms with Gasteiger partial charge in [-0.1, -0.05) is 22.0 Å². The first-order chi connectivity index (χ1) is 9.33.